The van der Waals surface area contributed by atoms with Crippen LogP contribution >= 0.6 is 0 Å². The lowest BCUT2D eigenvalue weighted by Crippen LogP contribution is -2.05. The Morgan fingerprint density at radius 3 is 2.76 bits per heavy atom. The van der Waals surface area contributed by atoms with Gasteiger partial charge in [-0.25, -0.2) is 4.98 Å². The molecule has 2 aromatic rings. The van der Waals surface area contributed by atoms with Crippen molar-refractivity contribution in [2.24, 2.45) is 0 Å². The van der Waals surface area contributed by atoms with Crippen LogP contribution < -0.4 is 11.1 Å². The van der Waals surface area contributed by atoms with Crippen molar-refractivity contribution in [2.75, 3.05) is 11.1 Å². The molecule has 3 nitrogen and oxygen atoms in total. The van der Waals surface area contributed by atoms with Gasteiger partial charge in [-0.1, -0.05) is 23.8 Å². The number of nitrogen functional groups attached to an aromatic ring is 1. The van der Waals surface area contributed by atoms with Crippen molar-refractivity contribution in [1.29, 1.82) is 0 Å². The fourth-order valence-corrected chi connectivity index (χ4v) is 1.79. The fourth-order valence-electron chi connectivity index (χ4n) is 1.79. The Morgan fingerprint density at radius 2 is 2.06 bits per heavy atom. The highest BCUT2D eigenvalue weighted by Crippen LogP contribution is 2.16. The molecule has 0 saturated carbocycles. The first-order valence-electron chi connectivity index (χ1n) is 5.67. The van der Waals surface area contributed by atoms with Crippen LogP contribution in [-0.2, 0) is 6.54 Å². The third-order valence-corrected chi connectivity index (χ3v) is 2.78. The van der Waals surface area contributed by atoms with E-state index < -0.39 is 0 Å². The fraction of sp³-hybridized carbons (Fsp3) is 0.214. The van der Waals surface area contributed by atoms with E-state index in [2.05, 4.69) is 42.3 Å². The number of nitrogens with two attached hydrogens (primary N) is 1. The molecule has 0 radical (unpaired) electrons. The molecule has 0 saturated heterocycles. The van der Waals surface area contributed by atoms with Crippen LogP contribution in [0.3, 0.4) is 0 Å². The van der Waals surface area contributed by atoms with E-state index in [-0.39, 0.29) is 0 Å². The lowest BCUT2D eigenvalue weighted by molar-refractivity contribution is 1.09. The number of hydrogen-bond acceptors (Lipinski definition) is 3. The van der Waals surface area contributed by atoms with E-state index in [9.17, 15) is 0 Å². The molecule has 3 heteroatoms. The SMILES string of the molecule is Cc1ccc(CNc2ncccc2N)c(C)c1. The molecule has 0 fully saturated rings. The largest absolute Gasteiger partial charge is 0.396 e. The first kappa shape index (κ1) is 11.5. The van der Waals surface area contributed by atoms with Crippen molar-refractivity contribution >= 4 is 11.5 Å². The monoisotopic (exact) mass is 227 g/mol. The van der Waals surface area contributed by atoms with Gasteiger partial charge in [0.15, 0.2) is 0 Å². The molecule has 0 amide bonds. The van der Waals surface area contributed by atoms with Gasteiger partial charge in [0.05, 0.1) is 5.69 Å². The highest BCUT2D eigenvalue weighted by atomic mass is 15.0. The van der Waals surface area contributed by atoms with Gasteiger partial charge in [0.1, 0.15) is 5.82 Å². The maximum absolute atomic E-state index is 5.82. The van der Waals surface area contributed by atoms with Gasteiger partial charge in [-0.2, -0.15) is 0 Å². The van der Waals surface area contributed by atoms with Gasteiger partial charge in [-0.05, 0) is 37.1 Å². The van der Waals surface area contributed by atoms with Crippen LogP contribution in [0, 0.1) is 13.8 Å². The molecule has 0 spiro atoms. The highest BCUT2D eigenvalue weighted by Gasteiger charge is 2.01. The Bertz CT molecular complexity index is 521. The number of anilines is 2. The maximum atomic E-state index is 5.82. The summed E-state index contributed by atoms with van der Waals surface area (Å²) in [5.41, 5.74) is 10.3. The zero-order valence-electron chi connectivity index (χ0n) is 10.2. The van der Waals surface area contributed by atoms with Gasteiger partial charge < -0.3 is 11.1 Å². The molecule has 88 valence electrons. The van der Waals surface area contributed by atoms with Gasteiger partial charge in [-0.3, -0.25) is 0 Å². The number of benzene rings is 1. The van der Waals surface area contributed by atoms with Gasteiger partial charge in [0.2, 0.25) is 0 Å². The summed E-state index contributed by atoms with van der Waals surface area (Å²) < 4.78 is 0. The van der Waals surface area contributed by atoms with Crippen molar-refractivity contribution < 1.29 is 0 Å². The third-order valence-electron chi connectivity index (χ3n) is 2.78. The quantitative estimate of drug-likeness (QED) is 0.847. The zero-order chi connectivity index (χ0) is 12.3. The topological polar surface area (TPSA) is 50.9 Å². The lowest BCUT2D eigenvalue weighted by atomic mass is 10.1. The molecule has 0 aliphatic heterocycles. The number of aryl methyl sites for hydroxylation is 2. The summed E-state index contributed by atoms with van der Waals surface area (Å²) in [4.78, 5) is 4.20. The van der Waals surface area contributed by atoms with E-state index in [1.165, 1.54) is 16.7 Å². The molecule has 0 bridgehead atoms. The molecule has 0 aliphatic carbocycles. The summed E-state index contributed by atoms with van der Waals surface area (Å²) in [6, 6.07) is 10.1. The number of hydrogen-bond donors (Lipinski definition) is 2. The van der Waals surface area contributed by atoms with Crippen molar-refractivity contribution in [2.45, 2.75) is 20.4 Å². The van der Waals surface area contributed by atoms with Crippen molar-refractivity contribution in [1.82, 2.24) is 4.98 Å². The number of rotatable bonds is 3. The Hall–Kier alpha value is -2.03. The van der Waals surface area contributed by atoms with Crippen LogP contribution in [-0.4, -0.2) is 4.98 Å². The standard InChI is InChI=1S/C14H17N3/c1-10-5-6-12(11(2)8-10)9-17-14-13(15)4-3-7-16-14/h3-8H,9,15H2,1-2H3,(H,16,17). The number of aromatic nitrogens is 1. The van der Waals surface area contributed by atoms with E-state index in [4.69, 9.17) is 5.73 Å². The summed E-state index contributed by atoms with van der Waals surface area (Å²) in [5.74, 6) is 0.743. The molecule has 0 aliphatic rings. The lowest BCUT2D eigenvalue weighted by Gasteiger charge is -2.10. The van der Waals surface area contributed by atoms with Crippen LogP contribution in [0.25, 0.3) is 0 Å². The van der Waals surface area contributed by atoms with Crippen LogP contribution in [0.15, 0.2) is 36.5 Å². The molecule has 17 heavy (non-hydrogen) atoms. The predicted octanol–water partition coefficient (Wildman–Crippen LogP) is 2.89. The van der Waals surface area contributed by atoms with Gasteiger partial charge in [-0.15, -0.1) is 0 Å². The van der Waals surface area contributed by atoms with Crippen molar-refractivity contribution in [3.05, 3.63) is 53.2 Å². The minimum atomic E-state index is 0.678. The Morgan fingerprint density at radius 1 is 1.24 bits per heavy atom. The second-order valence-electron chi connectivity index (χ2n) is 4.22. The highest BCUT2D eigenvalue weighted by molar-refractivity contribution is 5.60. The van der Waals surface area contributed by atoms with E-state index in [1.54, 1.807) is 6.20 Å². The Balaban J connectivity index is 2.10. The molecule has 1 heterocycles. The van der Waals surface area contributed by atoms with E-state index in [0.717, 1.165) is 12.4 Å². The minimum Gasteiger partial charge on any atom is -0.396 e. The Labute approximate surface area is 102 Å². The number of pyridine rings is 1. The second kappa shape index (κ2) is 4.87. The first-order chi connectivity index (χ1) is 8.16. The van der Waals surface area contributed by atoms with Crippen LogP contribution in [0.5, 0.6) is 0 Å². The molecular formula is C14H17N3. The molecule has 0 atom stereocenters. The molecule has 0 unspecified atom stereocenters. The summed E-state index contributed by atoms with van der Waals surface area (Å²) >= 11 is 0. The number of nitrogens with one attached hydrogen (secondary N) is 1. The van der Waals surface area contributed by atoms with Gasteiger partial charge in [0, 0.05) is 12.7 Å². The molecule has 1 aromatic heterocycles. The van der Waals surface area contributed by atoms with E-state index in [1.807, 2.05) is 12.1 Å². The maximum Gasteiger partial charge on any atom is 0.149 e. The van der Waals surface area contributed by atoms with Crippen LogP contribution in [0.2, 0.25) is 0 Å². The predicted molar refractivity (Wildman–Crippen MR) is 71.9 cm³/mol. The summed E-state index contributed by atoms with van der Waals surface area (Å²) in [7, 11) is 0. The molecular weight excluding hydrogens is 210 g/mol. The zero-order valence-corrected chi connectivity index (χ0v) is 10.2. The minimum absolute atomic E-state index is 0.678. The van der Waals surface area contributed by atoms with Crippen molar-refractivity contribution in [3.8, 4) is 0 Å². The average molecular weight is 227 g/mol. The summed E-state index contributed by atoms with van der Waals surface area (Å²) in [5, 5.41) is 3.25. The second-order valence-corrected chi connectivity index (χ2v) is 4.22. The first-order valence-corrected chi connectivity index (χ1v) is 5.67. The normalized spacial score (nSPS) is 10.2. The smallest absolute Gasteiger partial charge is 0.149 e. The summed E-state index contributed by atoms with van der Waals surface area (Å²) in [6.45, 7) is 4.96. The van der Waals surface area contributed by atoms with Gasteiger partial charge in [0.25, 0.3) is 0 Å². The summed E-state index contributed by atoms with van der Waals surface area (Å²) in [6.07, 6.45) is 1.74. The van der Waals surface area contributed by atoms with E-state index >= 15 is 0 Å². The van der Waals surface area contributed by atoms with Crippen molar-refractivity contribution in [3.63, 3.8) is 0 Å². The van der Waals surface area contributed by atoms with Crippen LogP contribution in [0.4, 0.5) is 11.5 Å². The third kappa shape index (κ3) is 2.75. The average Bonchev–Trinajstić information content (AvgIpc) is 2.30. The van der Waals surface area contributed by atoms with Gasteiger partial charge >= 0.3 is 0 Å². The molecule has 3 N–H and O–H groups in total. The van der Waals surface area contributed by atoms with Crippen LogP contribution in [0.1, 0.15) is 16.7 Å². The Kier molecular flexibility index (Phi) is 3.28. The number of nitrogens with zero attached hydrogens (tertiary/aromatic N) is 1. The molecule has 2 rings (SSSR count). The van der Waals surface area contributed by atoms with E-state index in [0.29, 0.717) is 5.69 Å². The molecule has 1 aromatic carbocycles.